The third-order valence-corrected chi connectivity index (χ3v) is 2.35. The Balaban J connectivity index is 2.82. The van der Waals surface area contributed by atoms with E-state index >= 15 is 0 Å². The summed E-state index contributed by atoms with van der Waals surface area (Å²) >= 11 is 0. The van der Waals surface area contributed by atoms with Crippen molar-refractivity contribution in [1.29, 1.82) is 0 Å². The van der Waals surface area contributed by atoms with E-state index < -0.39 is 11.9 Å². The highest BCUT2D eigenvalue weighted by Gasteiger charge is 2.17. The van der Waals surface area contributed by atoms with E-state index in [1.807, 2.05) is 13.8 Å². The highest BCUT2D eigenvalue weighted by Crippen LogP contribution is 2.15. The minimum atomic E-state index is -0.859. The molecule has 0 fully saturated rings. The lowest BCUT2D eigenvalue weighted by atomic mass is 9.95. The van der Waals surface area contributed by atoms with Crippen molar-refractivity contribution in [2.75, 3.05) is 0 Å². The highest BCUT2D eigenvalue weighted by atomic mass is 19.1. The Morgan fingerprint density at radius 3 is 2.62 bits per heavy atom. The van der Waals surface area contributed by atoms with Gasteiger partial charge in [-0.15, -0.1) is 0 Å². The van der Waals surface area contributed by atoms with Gasteiger partial charge in [-0.05, 0) is 23.6 Å². The number of hydrogen-bond acceptors (Lipinski definition) is 1. The first kappa shape index (κ1) is 12.4. The van der Waals surface area contributed by atoms with Crippen molar-refractivity contribution in [2.24, 2.45) is 11.8 Å². The lowest BCUT2D eigenvalue weighted by Crippen LogP contribution is -2.16. The van der Waals surface area contributed by atoms with Crippen LogP contribution in [0.4, 0.5) is 4.39 Å². The molecule has 0 aromatic heterocycles. The molecule has 0 aliphatic carbocycles. The van der Waals surface area contributed by atoms with Crippen LogP contribution in [0.15, 0.2) is 30.3 Å². The van der Waals surface area contributed by atoms with Crippen LogP contribution >= 0.6 is 0 Å². The van der Waals surface area contributed by atoms with Crippen LogP contribution in [0.3, 0.4) is 0 Å². The zero-order valence-corrected chi connectivity index (χ0v) is 9.35. The first-order chi connectivity index (χ1) is 7.50. The molecule has 0 saturated heterocycles. The van der Waals surface area contributed by atoms with Crippen LogP contribution in [-0.4, -0.2) is 11.1 Å². The minimum Gasteiger partial charge on any atom is -0.481 e. The molecular formula is C13H15FO2. The molecule has 2 nitrogen and oxygen atoms in total. The predicted molar refractivity (Wildman–Crippen MR) is 61.4 cm³/mol. The summed E-state index contributed by atoms with van der Waals surface area (Å²) in [5.74, 6) is -1.70. The molecule has 0 heterocycles. The number of carboxylic acid groups (broad SMARTS) is 1. The summed E-state index contributed by atoms with van der Waals surface area (Å²) in [4.78, 5) is 10.9. The number of carboxylic acids is 1. The van der Waals surface area contributed by atoms with Gasteiger partial charge in [-0.3, -0.25) is 4.79 Å². The first-order valence-corrected chi connectivity index (χ1v) is 5.17. The third-order valence-electron chi connectivity index (χ3n) is 2.35. The Labute approximate surface area is 94.4 Å². The second-order valence-electron chi connectivity index (χ2n) is 4.02. The van der Waals surface area contributed by atoms with E-state index in [2.05, 4.69) is 0 Å². The average Bonchev–Trinajstić information content (AvgIpc) is 2.16. The average molecular weight is 222 g/mol. The van der Waals surface area contributed by atoms with Gasteiger partial charge in [0.15, 0.2) is 0 Å². The van der Waals surface area contributed by atoms with E-state index in [4.69, 9.17) is 5.11 Å². The van der Waals surface area contributed by atoms with Crippen LogP contribution in [0.1, 0.15) is 19.4 Å². The summed E-state index contributed by atoms with van der Waals surface area (Å²) in [6.07, 6.45) is 3.24. The molecule has 1 atom stereocenters. The highest BCUT2D eigenvalue weighted by molar-refractivity contribution is 5.74. The van der Waals surface area contributed by atoms with Gasteiger partial charge in [0.05, 0.1) is 5.92 Å². The zero-order chi connectivity index (χ0) is 12.1. The van der Waals surface area contributed by atoms with Crippen LogP contribution < -0.4 is 0 Å². The Hall–Kier alpha value is -1.64. The summed E-state index contributed by atoms with van der Waals surface area (Å²) in [6, 6.07) is 6.06. The monoisotopic (exact) mass is 222 g/mol. The van der Waals surface area contributed by atoms with Crippen molar-refractivity contribution in [3.8, 4) is 0 Å². The Kier molecular flexibility index (Phi) is 4.23. The molecule has 1 aromatic carbocycles. The van der Waals surface area contributed by atoms with Gasteiger partial charge in [0.1, 0.15) is 5.82 Å². The maximum Gasteiger partial charge on any atom is 0.310 e. The molecular weight excluding hydrogens is 207 g/mol. The molecule has 3 heteroatoms. The van der Waals surface area contributed by atoms with Crippen molar-refractivity contribution in [3.63, 3.8) is 0 Å². The number of halogens is 1. The van der Waals surface area contributed by atoms with Crippen LogP contribution in [0.2, 0.25) is 0 Å². The fourth-order valence-corrected chi connectivity index (χ4v) is 1.41. The molecule has 1 N–H and O–H groups in total. The molecule has 1 rings (SSSR count). The fourth-order valence-electron chi connectivity index (χ4n) is 1.41. The second kappa shape index (κ2) is 5.45. The quantitative estimate of drug-likeness (QED) is 0.849. The van der Waals surface area contributed by atoms with Crippen molar-refractivity contribution in [1.82, 2.24) is 0 Å². The van der Waals surface area contributed by atoms with Gasteiger partial charge in [0.2, 0.25) is 0 Å². The van der Waals surface area contributed by atoms with Gasteiger partial charge >= 0.3 is 5.97 Å². The molecule has 1 unspecified atom stereocenters. The molecule has 86 valence electrons. The summed E-state index contributed by atoms with van der Waals surface area (Å²) < 4.78 is 12.9. The van der Waals surface area contributed by atoms with Crippen molar-refractivity contribution < 1.29 is 14.3 Å². The van der Waals surface area contributed by atoms with Crippen LogP contribution in [0, 0.1) is 17.7 Å². The molecule has 0 amide bonds. The number of hydrogen-bond donors (Lipinski definition) is 1. The van der Waals surface area contributed by atoms with Gasteiger partial charge in [-0.1, -0.05) is 38.1 Å². The molecule has 0 radical (unpaired) electrons. The fraction of sp³-hybridized carbons (Fsp3) is 0.308. The summed E-state index contributed by atoms with van der Waals surface area (Å²) in [5.41, 5.74) is 0.673. The summed E-state index contributed by atoms with van der Waals surface area (Å²) in [6.45, 7) is 3.68. The molecule has 0 saturated carbocycles. The summed E-state index contributed by atoms with van der Waals surface area (Å²) in [5, 5.41) is 8.95. The Morgan fingerprint density at radius 1 is 1.44 bits per heavy atom. The van der Waals surface area contributed by atoms with Gasteiger partial charge < -0.3 is 5.11 Å². The van der Waals surface area contributed by atoms with Crippen LogP contribution in [0.5, 0.6) is 0 Å². The Morgan fingerprint density at radius 2 is 2.12 bits per heavy atom. The maximum atomic E-state index is 12.9. The van der Waals surface area contributed by atoms with E-state index in [9.17, 15) is 9.18 Å². The maximum absolute atomic E-state index is 12.9. The van der Waals surface area contributed by atoms with Crippen molar-refractivity contribution in [3.05, 3.63) is 41.7 Å². The zero-order valence-electron chi connectivity index (χ0n) is 9.35. The second-order valence-corrected chi connectivity index (χ2v) is 4.02. The van der Waals surface area contributed by atoms with E-state index in [1.54, 1.807) is 24.3 Å². The van der Waals surface area contributed by atoms with E-state index in [-0.39, 0.29) is 11.7 Å². The molecule has 0 aliphatic heterocycles. The number of rotatable bonds is 4. The summed E-state index contributed by atoms with van der Waals surface area (Å²) in [7, 11) is 0. The Bertz CT molecular complexity index is 397. The lowest BCUT2D eigenvalue weighted by molar-refractivity contribution is -0.141. The molecule has 0 spiro atoms. The van der Waals surface area contributed by atoms with Gasteiger partial charge in [-0.25, -0.2) is 4.39 Å². The molecule has 16 heavy (non-hydrogen) atoms. The van der Waals surface area contributed by atoms with E-state index in [1.165, 1.54) is 12.1 Å². The van der Waals surface area contributed by atoms with Crippen molar-refractivity contribution in [2.45, 2.75) is 13.8 Å². The SMILES string of the molecule is CC(C)C(/C=C/c1cccc(F)c1)C(=O)O. The smallest absolute Gasteiger partial charge is 0.310 e. The molecule has 0 aliphatic rings. The molecule has 0 bridgehead atoms. The topological polar surface area (TPSA) is 37.3 Å². The predicted octanol–water partition coefficient (Wildman–Crippen LogP) is 3.20. The van der Waals surface area contributed by atoms with Gasteiger partial charge in [0.25, 0.3) is 0 Å². The number of benzene rings is 1. The normalized spacial score (nSPS) is 13.2. The lowest BCUT2D eigenvalue weighted by Gasteiger charge is -2.10. The standard InChI is InChI=1S/C13H15FO2/c1-9(2)12(13(15)16)7-6-10-4-3-5-11(14)8-10/h3-9,12H,1-2H3,(H,15,16)/b7-6+. The van der Waals surface area contributed by atoms with Crippen molar-refractivity contribution >= 4 is 12.0 Å². The van der Waals surface area contributed by atoms with Crippen LogP contribution in [0.25, 0.3) is 6.08 Å². The van der Waals surface area contributed by atoms with E-state index in [0.29, 0.717) is 5.56 Å². The third kappa shape index (κ3) is 3.50. The van der Waals surface area contributed by atoms with Crippen LogP contribution in [-0.2, 0) is 4.79 Å². The number of carbonyl (C=O) groups is 1. The van der Waals surface area contributed by atoms with E-state index in [0.717, 1.165) is 0 Å². The first-order valence-electron chi connectivity index (χ1n) is 5.17. The largest absolute Gasteiger partial charge is 0.481 e. The van der Waals surface area contributed by atoms with Gasteiger partial charge in [-0.2, -0.15) is 0 Å². The minimum absolute atomic E-state index is 0.0160. The van der Waals surface area contributed by atoms with Gasteiger partial charge in [0, 0.05) is 0 Å². The number of aliphatic carboxylic acids is 1. The molecule has 1 aromatic rings.